The number of aliphatic hydroxyl groups is 1. The van der Waals surface area contributed by atoms with E-state index in [2.05, 4.69) is 5.32 Å². The van der Waals surface area contributed by atoms with Gasteiger partial charge in [0.1, 0.15) is 5.82 Å². The summed E-state index contributed by atoms with van der Waals surface area (Å²) in [5.41, 5.74) is 7.47. The van der Waals surface area contributed by atoms with Crippen LogP contribution in [-0.4, -0.2) is 11.7 Å². The molecule has 2 rings (SSSR count). The summed E-state index contributed by atoms with van der Waals surface area (Å²) in [7, 11) is 0. The highest BCUT2D eigenvalue weighted by Crippen LogP contribution is 2.21. The SMILES string of the molecule is Nc1cc(F)ccc1NCC(O)c1ccsc1. The van der Waals surface area contributed by atoms with Crippen LogP contribution in [0.4, 0.5) is 15.8 Å². The van der Waals surface area contributed by atoms with Gasteiger partial charge in [-0.1, -0.05) is 0 Å². The van der Waals surface area contributed by atoms with Crippen molar-refractivity contribution in [3.63, 3.8) is 0 Å². The molecule has 1 atom stereocenters. The molecule has 0 aliphatic heterocycles. The summed E-state index contributed by atoms with van der Waals surface area (Å²) in [6.07, 6.45) is -0.592. The van der Waals surface area contributed by atoms with Crippen LogP contribution in [-0.2, 0) is 0 Å². The van der Waals surface area contributed by atoms with Gasteiger partial charge in [-0.2, -0.15) is 11.3 Å². The van der Waals surface area contributed by atoms with Gasteiger partial charge in [0.2, 0.25) is 0 Å². The quantitative estimate of drug-likeness (QED) is 0.733. The van der Waals surface area contributed by atoms with Gasteiger partial charge in [-0.25, -0.2) is 4.39 Å². The Morgan fingerprint density at radius 2 is 2.24 bits per heavy atom. The first kappa shape index (κ1) is 11.9. The van der Waals surface area contributed by atoms with Crippen LogP contribution in [0.3, 0.4) is 0 Å². The molecule has 1 aromatic heterocycles. The van der Waals surface area contributed by atoms with Crippen molar-refractivity contribution in [3.05, 3.63) is 46.4 Å². The predicted octanol–water partition coefficient (Wildman–Crippen LogP) is 2.61. The minimum atomic E-state index is -0.592. The van der Waals surface area contributed by atoms with E-state index in [4.69, 9.17) is 5.73 Å². The summed E-state index contributed by atoms with van der Waals surface area (Å²) in [6, 6.07) is 6.00. The van der Waals surface area contributed by atoms with Crippen LogP contribution in [0.2, 0.25) is 0 Å². The normalized spacial score (nSPS) is 12.4. The first-order chi connectivity index (χ1) is 8.16. The van der Waals surface area contributed by atoms with E-state index in [0.29, 0.717) is 17.9 Å². The van der Waals surface area contributed by atoms with E-state index in [9.17, 15) is 9.50 Å². The lowest BCUT2D eigenvalue weighted by atomic mass is 10.2. The molecule has 0 fully saturated rings. The maximum Gasteiger partial charge on any atom is 0.125 e. The van der Waals surface area contributed by atoms with Crippen molar-refractivity contribution < 1.29 is 9.50 Å². The number of aliphatic hydroxyl groups excluding tert-OH is 1. The number of nitrogen functional groups attached to an aromatic ring is 1. The highest BCUT2D eigenvalue weighted by Gasteiger charge is 2.08. The summed E-state index contributed by atoms with van der Waals surface area (Å²) in [5, 5.41) is 16.6. The molecule has 90 valence electrons. The van der Waals surface area contributed by atoms with Gasteiger partial charge in [0.25, 0.3) is 0 Å². The lowest BCUT2D eigenvalue weighted by Gasteiger charge is -2.13. The molecule has 0 aliphatic carbocycles. The molecule has 3 nitrogen and oxygen atoms in total. The third-order valence-corrected chi connectivity index (χ3v) is 3.13. The van der Waals surface area contributed by atoms with Gasteiger partial charge in [-0.3, -0.25) is 0 Å². The third-order valence-electron chi connectivity index (χ3n) is 2.43. The molecular weight excluding hydrogens is 239 g/mol. The second-order valence-electron chi connectivity index (χ2n) is 3.68. The monoisotopic (exact) mass is 252 g/mol. The highest BCUT2D eigenvalue weighted by atomic mass is 32.1. The molecule has 1 heterocycles. The maximum absolute atomic E-state index is 12.8. The predicted molar refractivity (Wildman–Crippen MR) is 68.6 cm³/mol. The highest BCUT2D eigenvalue weighted by molar-refractivity contribution is 7.07. The second kappa shape index (κ2) is 5.16. The van der Waals surface area contributed by atoms with E-state index in [1.165, 1.54) is 23.5 Å². The first-order valence-electron chi connectivity index (χ1n) is 5.16. The Balaban J connectivity index is 1.98. The molecule has 4 N–H and O–H groups in total. The lowest BCUT2D eigenvalue weighted by molar-refractivity contribution is 0.192. The number of rotatable bonds is 4. The number of hydrogen-bond donors (Lipinski definition) is 3. The van der Waals surface area contributed by atoms with Crippen molar-refractivity contribution in [2.45, 2.75) is 6.10 Å². The van der Waals surface area contributed by atoms with E-state index in [-0.39, 0.29) is 5.82 Å². The number of halogens is 1. The van der Waals surface area contributed by atoms with Gasteiger partial charge in [-0.15, -0.1) is 0 Å². The maximum atomic E-state index is 12.8. The summed E-state index contributed by atoms with van der Waals surface area (Å²) in [5.74, 6) is -0.369. The third kappa shape index (κ3) is 2.95. The molecule has 5 heteroatoms. The van der Waals surface area contributed by atoms with Crippen LogP contribution in [0.25, 0.3) is 0 Å². The summed E-state index contributed by atoms with van der Waals surface area (Å²) < 4.78 is 12.8. The van der Waals surface area contributed by atoms with Crippen molar-refractivity contribution >= 4 is 22.7 Å². The Morgan fingerprint density at radius 1 is 1.41 bits per heavy atom. The minimum Gasteiger partial charge on any atom is -0.397 e. The molecule has 2 aromatic rings. The van der Waals surface area contributed by atoms with E-state index >= 15 is 0 Å². The Morgan fingerprint density at radius 3 is 2.88 bits per heavy atom. The zero-order valence-corrected chi connectivity index (χ0v) is 9.88. The second-order valence-corrected chi connectivity index (χ2v) is 4.46. The fraction of sp³-hybridized carbons (Fsp3) is 0.167. The Kier molecular flexibility index (Phi) is 3.61. The van der Waals surface area contributed by atoms with Gasteiger partial charge < -0.3 is 16.2 Å². The molecule has 0 amide bonds. The van der Waals surface area contributed by atoms with E-state index < -0.39 is 6.10 Å². The van der Waals surface area contributed by atoms with Crippen LogP contribution in [0.15, 0.2) is 35.0 Å². The molecule has 0 spiro atoms. The Bertz CT molecular complexity index is 487. The summed E-state index contributed by atoms with van der Waals surface area (Å²) in [4.78, 5) is 0. The lowest BCUT2D eigenvalue weighted by Crippen LogP contribution is -2.12. The van der Waals surface area contributed by atoms with Gasteiger partial charge in [-0.05, 0) is 40.6 Å². The fourth-order valence-electron chi connectivity index (χ4n) is 1.48. The number of nitrogens with one attached hydrogen (secondary N) is 1. The average Bonchev–Trinajstić information content (AvgIpc) is 2.81. The van der Waals surface area contributed by atoms with Crippen LogP contribution in [0, 0.1) is 5.82 Å². The number of anilines is 2. The van der Waals surface area contributed by atoms with Gasteiger partial charge in [0.15, 0.2) is 0 Å². The number of hydrogen-bond acceptors (Lipinski definition) is 4. The molecule has 0 saturated heterocycles. The van der Waals surface area contributed by atoms with Gasteiger partial charge >= 0.3 is 0 Å². The van der Waals surface area contributed by atoms with Crippen molar-refractivity contribution in [2.75, 3.05) is 17.6 Å². The summed E-state index contributed by atoms with van der Waals surface area (Å²) in [6.45, 7) is 0.340. The standard InChI is InChI=1S/C12H13FN2OS/c13-9-1-2-11(10(14)5-9)15-6-12(16)8-3-4-17-7-8/h1-5,7,12,15-16H,6,14H2. The van der Waals surface area contributed by atoms with E-state index in [0.717, 1.165) is 5.56 Å². The number of nitrogens with two attached hydrogens (primary N) is 1. The van der Waals surface area contributed by atoms with Crippen LogP contribution < -0.4 is 11.1 Å². The van der Waals surface area contributed by atoms with Crippen LogP contribution >= 0.6 is 11.3 Å². The van der Waals surface area contributed by atoms with E-state index in [1.54, 1.807) is 6.07 Å². The number of thiophene rings is 1. The zero-order valence-electron chi connectivity index (χ0n) is 9.06. The molecular formula is C12H13FN2OS. The van der Waals surface area contributed by atoms with Crippen molar-refractivity contribution in [2.24, 2.45) is 0 Å². The van der Waals surface area contributed by atoms with Crippen molar-refractivity contribution in [1.29, 1.82) is 0 Å². The Labute approximate surface area is 103 Å². The smallest absolute Gasteiger partial charge is 0.125 e. The molecule has 0 radical (unpaired) electrons. The number of benzene rings is 1. The molecule has 0 saturated carbocycles. The summed E-state index contributed by atoms with van der Waals surface area (Å²) >= 11 is 1.53. The largest absolute Gasteiger partial charge is 0.397 e. The molecule has 17 heavy (non-hydrogen) atoms. The zero-order chi connectivity index (χ0) is 12.3. The first-order valence-corrected chi connectivity index (χ1v) is 6.10. The van der Waals surface area contributed by atoms with Crippen molar-refractivity contribution in [1.82, 2.24) is 0 Å². The average molecular weight is 252 g/mol. The van der Waals surface area contributed by atoms with Crippen LogP contribution in [0.1, 0.15) is 11.7 Å². The molecule has 1 aromatic carbocycles. The molecule has 0 bridgehead atoms. The van der Waals surface area contributed by atoms with Crippen molar-refractivity contribution in [3.8, 4) is 0 Å². The van der Waals surface area contributed by atoms with E-state index in [1.807, 2.05) is 16.8 Å². The molecule has 1 unspecified atom stereocenters. The minimum absolute atomic E-state index is 0.336. The fourth-order valence-corrected chi connectivity index (χ4v) is 2.19. The van der Waals surface area contributed by atoms with Crippen LogP contribution in [0.5, 0.6) is 0 Å². The Hall–Kier alpha value is -1.59. The van der Waals surface area contributed by atoms with Gasteiger partial charge in [0, 0.05) is 6.54 Å². The topological polar surface area (TPSA) is 58.3 Å². The van der Waals surface area contributed by atoms with Gasteiger partial charge in [0.05, 0.1) is 17.5 Å². The molecule has 0 aliphatic rings.